The minimum Gasteiger partial charge on any atom is -0.489 e. The van der Waals surface area contributed by atoms with Crippen LogP contribution < -0.4 is 10.1 Å². The Morgan fingerprint density at radius 1 is 1.24 bits per heavy atom. The Morgan fingerprint density at radius 2 is 2.10 bits per heavy atom. The van der Waals surface area contributed by atoms with Crippen molar-refractivity contribution in [3.05, 3.63) is 35.9 Å². The summed E-state index contributed by atoms with van der Waals surface area (Å²) in [6, 6.07) is 3.77. The average Bonchev–Trinajstić information content (AvgIpc) is 3.24. The van der Waals surface area contributed by atoms with Crippen LogP contribution in [0.1, 0.15) is 31.5 Å². The number of aromatic nitrogens is 5. The van der Waals surface area contributed by atoms with Crippen LogP contribution in [0.15, 0.2) is 24.7 Å². The first kappa shape index (κ1) is 17.8. The molecule has 0 amide bonds. The van der Waals surface area contributed by atoms with E-state index in [1.54, 1.807) is 6.20 Å². The van der Waals surface area contributed by atoms with Crippen LogP contribution in [0.5, 0.6) is 5.75 Å². The number of fused-ring (bicyclic) bond motifs is 4. The minimum atomic E-state index is -2.73. The molecule has 3 heterocycles. The van der Waals surface area contributed by atoms with Crippen LogP contribution in [-0.4, -0.2) is 37.2 Å². The van der Waals surface area contributed by atoms with Crippen LogP contribution in [0.25, 0.3) is 21.9 Å². The summed E-state index contributed by atoms with van der Waals surface area (Å²) in [5, 5.41) is 11.8. The third-order valence-corrected chi connectivity index (χ3v) is 5.11. The number of halogens is 2. The highest BCUT2D eigenvalue weighted by Crippen LogP contribution is 2.40. The summed E-state index contributed by atoms with van der Waals surface area (Å²) in [5.74, 6) is -1.63. The van der Waals surface area contributed by atoms with E-state index in [0.29, 0.717) is 40.3 Å². The van der Waals surface area contributed by atoms with Crippen molar-refractivity contribution in [2.24, 2.45) is 0 Å². The molecule has 1 aliphatic rings. The van der Waals surface area contributed by atoms with Crippen LogP contribution in [0.3, 0.4) is 0 Å². The molecule has 0 fully saturated rings. The molecule has 0 spiro atoms. The van der Waals surface area contributed by atoms with Gasteiger partial charge in [0.25, 0.3) is 5.92 Å². The monoisotopic (exact) mass is 398 g/mol. The second kappa shape index (κ2) is 6.40. The van der Waals surface area contributed by atoms with Crippen LogP contribution in [0.2, 0.25) is 0 Å². The Morgan fingerprint density at radius 3 is 2.93 bits per heavy atom. The van der Waals surface area contributed by atoms with Crippen molar-refractivity contribution < 1.29 is 13.5 Å². The van der Waals surface area contributed by atoms with Crippen molar-refractivity contribution in [2.75, 3.05) is 5.32 Å². The van der Waals surface area contributed by atoms with Gasteiger partial charge in [0, 0.05) is 30.0 Å². The molecule has 0 bridgehead atoms. The number of nitrogens with zero attached hydrogens (tertiary/aromatic N) is 3. The number of anilines is 2. The van der Waals surface area contributed by atoms with Crippen molar-refractivity contribution >= 4 is 33.4 Å². The third-order valence-electron chi connectivity index (χ3n) is 5.11. The van der Waals surface area contributed by atoms with E-state index < -0.39 is 5.92 Å². The van der Waals surface area contributed by atoms with E-state index in [-0.39, 0.29) is 18.9 Å². The predicted octanol–water partition coefficient (Wildman–Crippen LogP) is 4.49. The van der Waals surface area contributed by atoms with Crippen LogP contribution in [-0.2, 0) is 12.8 Å². The van der Waals surface area contributed by atoms with Crippen molar-refractivity contribution in [1.29, 1.82) is 0 Å². The van der Waals surface area contributed by atoms with E-state index in [1.807, 2.05) is 26.0 Å². The van der Waals surface area contributed by atoms with E-state index >= 15 is 0 Å². The highest BCUT2D eigenvalue weighted by molar-refractivity contribution is 5.95. The average molecular weight is 398 g/mol. The van der Waals surface area contributed by atoms with Crippen LogP contribution in [0.4, 0.5) is 20.3 Å². The smallest absolute Gasteiger partial charge is 0.252 e. The Hall–Kier alpha value is -3.23. The summed E-state index contributed by atoms with van der Waals surface area (Å²) >= 11 is 0. The zero-order chi connectivity index (χ0) is 20.2. The number of nitrogens with one attached hydrogen (secondary N) is 3. The maximum Gasteiger partial charge on any atom is 0.252 e. The van der Waals surface area contributed by atoms with Crippen LogP contribution >= 0.6 is 0 Å². The van der Waals surface area contributed by atoms with E-state index in [0.717, 1.165) is 16.6 Å². The molecule has 5 rings (SSSR count). The predicted molar refractivity (Wildman–Crippen MR) is 106 cm³/mol. The maximum absolute atomic E-state index is 14.1. The fourth-order valence-corrected chi connectivity index (χ4v) is 3.84. The normalized spacial score (nSPS) is 15.8. The lowest BCUT2D eigenvalue weighted by atomic mass is 9.93. The molecule has 150 valence electrons. The number of rotatable bonds is 4. The summed E-state index contributed by atoms with van der Waals surface area (Å²) < 4.78 is 34.1. The Bertz CT molecular complexity index is 1210. The second-order valence-electron chi connectivity index (χ2n) is 7.66. The number of aryl methyl sites for hydroxylation is 1. The first-order chi connectivity index (χ1) is 13.9. The topological polar surface area (TPSA) is 91.5 Å². The third kappa shape index (κ3) is 3.16. The van der Waals surface area contributed by atoms with Crippen molar-refractivity contribution in [1.82, 2.24) is 25.1 Å². The molecule has 3 N–H and O–H groups in total. The van der Waals surface area contributed by atoms with Gasteiger partial charge in [0.05, 0.1) is 28.9 Å². The highest BCUT2D eigenvalue weighted by atomic mass is 19.3. The molecule has 3 aromatic heterocycles. The largest absolute Gasteiger partial charge is 0.489 e. The molecule has 7 nitrogen and oxygen atoms in total. The van der Waals surface area contributed by atoms with Gasteiger partial charge >= 0.3 is 0 Å². The summed E-state index contributed by atoms with van der Waals surface area (Å²) in [4.78, 5) is 11.8. The minimum absolute atomic E-state index is 0.0416. The van der Waals surface area contributed by atoms with Gasteiger partial charge in [0.1, 0.15) is 23.5 Å². The van der Waals surface area contributed by atoms with E-state index in [4.69, 9.17) is 4.74 Å². The van der Waals surface area contributed by atoms with Gasteiger partial charge in [-0.15, -0.1) is 0 Å². The van der Waals surface area contributed by atoms with E-state index in [1.165, 1.54) is 6.33 Å². The molecule has 1 aromatic carbocycles. The number of ether oxygens (including phenoxy) is 1. The number of H-pyrrole nitrogens is 2. The van der Waals surface area contributed by atoms with Gasteiger partial charge in [0.15, 0.2) is 0 Å². The van der Waals surface area contributed by atoms with Gasteiger partial charge in [-0.05, 0) is 31.9 Å². The first-order valence-electron chi connectivity index (χ1n) is 9.53. The molecular weight excluding hydrogens is 378 g/mol. The summed E-state index contributed by atoms with van der Waals surface area (Å²) in [5.41, 5.74) is 3.47. The Kier molecular flexibility index (Phi) is 3.94. The zero-order valence-corrected chi connectivity index (χ0v) is 16.0. The van der Waals surface area contributed by atoms with Crippen LogP contribution in [0, 0.1) is 0 Å². The lowest BCUT2D eigenvalue weighted by Crippen LogP contribution is -2.25. The quantitative estimate of drug-likeness (QED) is 0.471. The maximum atomic E-state index is 14.1. The summed E-state index contributed by atoms with van der Waals surface area (Å²) in [6.45, 7) is 3.88. The van der Waals surface area contributed by atoms with E-state index in [2.05, 4.69) is 30.5 Å². The Balaban J connectivity index is 1.63. The van der Waals surface area contributed by atoms with Gasteiger partial charge in [-0.25, -0.2) is 18.7 Å². The number of hydrogen-bond donors (Lipinski definition) is 3. The molecule has 9 heteroatoms. The molecule has 29 heavy (non-hydrogen) atoms. The number of benzene rings is 1. The molecule has 1 aliphatic carbocycles. The van der Waals surface area contributed by atoms with E-state index in [9.17, 15) is 8.78 Å². The number of alkyl halides is 2. The summed E-state index contributed by atoms with van der Waals surface area (Å²) in [6.07, 6.45) is 2.91. The van der Waals surface area contributed by atoms with Crippen molar-refractivity contribution in [3.63, 3.8) is 0 Å². The molecule has 0 saturated heterocycles. The first-order valence-corrected chi connectivity index (χ1v) is 9.53. The zero-order valence-electron chi connectivity index (χ0n) is 16.0. The standard InChI is InChI=1S/C20H20F2N6O/c1-10(2)29-16-6-14-11(8-25-28-14)5-15(16)27-19-17-12-7-20(21,22)4-3-13(12)26-18(17)23-9-24-19/h5-6,8-10H,3-4,7H2,1-2H3,(H,25,28)(H2,23,24,26,27). The lowest BCUT2D eigenvalue weighted by Gasteiger charge is -2.22. The second-order valence-corrected chi connectivity index (χ2v) is 7.66. The molecular formula is C20H20F2N6O. The van der Waals surface area contributed by atoms with Crippen molar-refractivity contribution in [2.45, 2.75) is 45.1 Å². The highest BCUT2D eigenvalue weighted by Gasteiger charge is 2.37. The van der Waals surface area contributed by atoms with Gasteiger partial charge in [-0.3, -0.25) is 5.10 Å². The molecule has 0 atom stereocenters. The van der Waals surface area contributed by atoms with Crippen molar-refractivity contribution in [3.8, 4) is 5.75 Å². The fourth-order valence-electron chi connectivity index (χ4n) is 3.84. The van der Waals surface area contributed by atoms with Gasteiger partial charge in [0.2, 0.25) is 0 Å². The molecule has 4 aromatic rings. The molecule has 0 radical (unpaired) electrons. The van der Waals surface area contributed by atoms with Gasteiger partial charge < -0.3 is 15.0 Å². The molecule has 0 aliphatic heterocycles. The van der Waals surface area contributed by atoms with Gasteiger partial charge in [-0.1, -0.05) is 0 Å². The SMILES string of the molecule is CC(C)Oc1cc2[nH]ncc2cc1Nc1ncnc2[nH]c3c(c12)CC(F)(F)CC3. The number of aromatic amines is 2. The fraction of sp³-hybridized carbons (Fsp3) is 0.350. The van der Waals surface area contributed by atoms with Gasteiger partial charge in [-0.2, -0.15) is 5.10 Å². The number of hydrogen-bond acceptors (Lipinski definition) is 5. The molecule has 0 saturated carbocycles. The Labute approximate surface area is 164 Å². The molecule has 0 unspecified atom stereocenters. The lowest BCUT2D eigenvalue weighted by molar-refractivity contribution is -0.0121. The summed E-state index contributed by atoms with van der Waals surface area (Å²) in [7, 11) is 0.